The molecule has 1 N–H and O–H groups in total. The standard InChI is InChI=1S/C16H27N3O/c1-17-15-8-4-5-9-16(15)20-12-13-10-11-19(18-13)14-6-2-3-7-14/h10-11,14-17H,2-9,12H2,1H3. The van der Waals surface area contributed by atoms with Gasteiger partial charge in [-0.3, -0.25) is 4.68 Å². The van der Waals surface area contributed by atoms with Gasteiger partial charge in [0.1, 0.15) is 0 Å². The van der Waals surface area contributed by atoms with Gasteiger partial charge in [0, 0.05) is 12.2 Å². The Morgan fingerprint density at radius 3 is 2.75 bits per heavy atom. The summed E-state index contributed by atoms with van der Waals surface area (Å²) in [4.78, 5) is 0. The monoisotopic (exact) mass is 277 g/mol. The number of likely N-dealkylation sites (N-methyl/N-ethyl adjacent to an activating group) is 1. The van der Waals surface area contributed by atoms with Crippen LogP contribution in [0, 0.1) is 0 Å². The summed E-state index contributed by atoms with van der Waals surface area (Å²) in [6.45, 7) is 0.655. The Labute approximate surface area is 121 Å². The van der Waals surface area contributed by atoms with E-state index in [0.717, 1.165) is 5.69 Å². The van der Waals surface area contributed by atoms with E-state index in [1.807, 2.05) is 7.05 Å². The van der Waals surface area contributed by atoms with Crippen LogP contribution in [0.25, 0.3) is 0 Å². The fourth-order valence-corrected chi connectivity index (χ4v) is 3.65. The van der Waals surface area contributed by atoms with Gasteiger partial charge in [-0.05, 0) is 38.8 Å². The maximum Gasteiger partial charge on any atom is 0.0911 e. The van der Waals surface area contributed by atoms with Gasteiger partial charge < -0.3 is 10.1 Å². The predicted molar refractivity (Wildman–Crippen MR) is 79.6 cm³/mol. The molecule has 2 fully saturated rings. The molecule has 0 aliphatic heterocycles. The third kappa shape index (κ3) is 3.23. The van der Waals surface area contributed by atoms with Crippen LogP contribution in [-0.4, -0.2) is 29.0 Å². The smallest absolute Gasteiger partial charge is 0.0911 e. The molecule has 2 atom stereocenters. The molecule has 2 saturated carbocycles. The van der Waals surface area contributed by atoms with Crippen molar-refractivity contribution in [1.29, 1.82) is 0 Å². The van der Waals surface area contributed by atoms with Crippen LogP contribution in [0.2, 0.25) is 0 Å². The minimum Gasteiger partial charge on any atom is -0.370 e. The average Bonchev–Trinajstić information content (AvgIpc) is 3.16. The molecule has 0 bridgehead atoms. The first kappa shape index (κ1) is 14.1. The zero-order chi connectivity index (χ0) is 13.8. The summed E-state index contributed by atoms with van der Waals surface area (Å²) in [5, 5.41) is 8.09. The van der Waals surface area contributed by atoms with E-state index in [1.165, 1.54) is 51.4 Å². The van der Waals surface area contributed by atoms with Crippen molar-refractivity contribution in [2.75, 3.05) is 7.05 Å². The Bertz CT molecular complexity index is 412. The molecule has 0 radical (unpaired) electrons. The van der Waals surface area contributed by atoms with E-state index in [2.05, 4.69) is 22.3 Å². The van der Waals surface area contributed by atoms with Crippen molar-refractivity contribution in [1.82, 2.24) is 15.1 Å². The summed E-state index contributed by atoms with van der Waals surface area (Å²) in [5.74, 6) is 0. The SMILES string of the molecule is CNC1CCCCC1OCc1ccn(C2CCCC2)n1. The highest BCUT2D eigenvalue weighted by molar-refractivity contribution is 4.99. The molecule has 0 aromatic carbocycles. The summed E-state index contributed by atoms with van der Waals surface area (Å²) in [6, 6.07) is 3.26. The van der Waals surface area contributed by atoms with Crippen molar-refractivity contribution in [2.24, 2.45) is 0 Å². The summed E-state index contributed by atoms with van der Waals surface area (Å²) < 4.78 is 8.27. The molecule has 4 heteroatoms. The number of ether oxygens (including phenoxy) is 1. The van der Waals surface area contributed by atoms with E-state index in [1.54, 1.807) is 0 Å². The molecule has 3 rings (SSSR count). The quantitative estimate of drug-likeness (QED) is 0.899. The molecular weight excluding hydrogens is 250 g/mol. The van der Waals surface area contributed by atoms with Crippen LogP contribution in [0.3, 0.4) is 0 Å². The fourth-order valence-electron chi connectivity index (χ4n) is 3.65. The average molecular weight is 277 g/mol. The Morgan fingerprint density at radius 1 is 1.20 bits per heavy atom. The number of nitrogens with one attached hydrogen (secondary N) is 1. The second-order valence-corrected chi connectivity index (χ2v) is 6.25. The maximum atomic E-state index is 6.11. The third-order valence-electron chi connectivity index (χ3n) is 4.88. The third-order valence-corrected chi connectivity index (χ3v) is 4.88. The number of hydrogen-bond acceptors (Lipinski definition) is 3. The van der Waals surface area contributed by atoms with E-state index < -0.39 is 0 Å². The van der Waals surface area contributed by atoms with Crippen molar-refractivity contribution < 1.29 is 4.74 Å². The molecule has 0 saturated heterocycles. The van der Waals surface area contributed by atoms with Crippen molar-refractivity contribution in [2.45, 2.75) is 76.2 Å². The highest BCUT2D eigenvalue weighted by Gasteiger charge is 2.24. The van der Waals surface area contributed by atoms with E-state index in [0.29, 0.717) is 24.8 Å². The Morgan fingerprint density at radius 2 is 1.95 bits per heavy atom. The molecule has 2 aliphatic rings. The summed E-state index contributed by atoms with van der Waals surface area (Å²) in [6.07, 6.45) is 12.8. The zero-order valence-electron chi connectivity index (χ0n) is 12.6. The highest BCUT2D eigenvalue weighted by atomic mass is 16.5. The van der Waals surface area contributed by atoms with Gasteiger partial charge in [-0.15, -0.1) is 0 Å². The second kappa shape index (κ2) is 6.72. The van der Waals surface area contributed by atoms with Gasteiger partial charge in [0.25, 0.3) is 0 Å². The van der Waals surface area contributed by atoms with E-state index >= 15 is 0 Å². The lowest BCUT2D eigenvalue weighted by molar-refractivity contribution is -0.00525. The molecule has 112 valence electrons. The summed E-state index contributed by atoms with van der Waals surface area (Å²) >= 11 is 0. The van der Waals surface area contributed by atoms with E-state index in [9.17, 15) is 0 Å². The first-order chi connectivity index (χ1) is 9.86. The lowest BCUT2D eigenvalue weighted by atomic mass is 9.92. The highest BCUT2D eigenvalue weighted by Crippen LogP contribution is 2.29. The number of aromatic nitrogens is 2. The Kier molecular flexibility index (Phi) is 4.73. The van der Waals surface area contributed by atoms with Crippen LogP contribution >= 0.6 is 0 Å². The van der Waals surface area contributed by atoms with Gasteiger partial charge in [-0.2, -0.15) is 5.10 Å². The topological polar surface area (TPSA) is 39.1 Å². The van der Waals surface area contributed by atoms with Crippen LogP contribution in [0.1, 0.15) is 63.1 Å². The van der Waals surface area contributed by atoms with Crippen LogP contribution in [0.15, 0.2) is 12.3 Å². The first-order valence-electron chi connectivity index (χ1n) is 8.19. The van der Waals surface area contributed by atoms with Gasteiger partial charge in [-0.1, -0.05) is 25.7 Å². The van der Waals surface area contributed by atoms with E-state index in [4.69, 9.17) is 9.84 Å². The van der Waals surface area contributed by atoms with Crippen LogP contribution < -0.4 is 5.32 Å². The lowest BCUT2D eigenvalue weighted by Crippen LogP contribution is -2.41. The van der Waals surface area contributed by atoms with E-state index in [-0.39, 0.29) is 0 Å². The van der Waals surface area contributed by atoms with Crippen molar-refractivity contribution in [3.8, 4) is 0 Å². The molecule has 0 spiro atoms. The van der Waals surface area contributed by atoms with Crippen LogP contribution in [0.5, 0.6) is 0 Å². The molecule has 4 nitrogen and oxygen atoms in total. The van der Waals surface area contributed by atoms with Gasteiger partial charge in [0.05, 0.1) is 24.4 Å². The number of rotatable bonds is 5. The number of nitrogens with zero attached hydrogens (tertiary/aromatic N) is 2. The molecule has 2 unspecified atom stereocenters. The normalized spacial score (nSPS) is 28.1. The number of hydrogen-bond donors (Lipinski definition) is 1. The lowest BCUT2D eigenvalue weighted by Gasteiger charge is -2.31. The largest absolute Gasteiger partial charge is 0.370 e. The van der Waals surface area contributed by atoms with Crippen molar-refractivity contribution in [3.63, 3.8) is 0 Å². The molecule has 1 aromatic heterocycles. The molecular formula is C16H27N3O. The molecule has 1 aromatic rings. The first-order valence-corrected chi connectivity index (χ1v) is 8.19. The minimum absolute atomic E-state index is 0.352. The molecule has 20 heavy (non-hydrogen) atoms. The van der Waals surface area contributed by atoms with Crippen LogP contribution in [0.4, 0.5) is 0 Å². The van der Waals surface area contributed by atoms with Gasteiger partial charge in [0.15, 0.2) is 0 Å². The van der Waals surface area contributed by atoms with Gasteiger partial charge in [0.2, 0.25) is 0 Å². The fraction of sp³-hybridized carbons (Fsp3) is 0.812. The van der Waals surface area contributed by atoms with Gasteiger partial charge >= 0.3 is 0 Å². The summed E-state index contributed by atoms with van der Waals surface area (Å²) in [7, 11) is 2.04. The van der Waals surface area contributed by atoms with Crippen molar-refractivity contribution in [3.05, 3.63) is 18.0 Å². The van der Waals surface area contributed by atoms with Crippen molar-refractivity contribution >= 4 is 0 Å². The minimum atomic E-state index is 0.352. The second-order valence-electron chi connectivity index (χ2n) is 6.25. The zero-order valence-corrected chi connectivity index (χ0v) is 12.6. The molecule has 0 amide bonds. The molecule has 2 aliphatic carbocycles. The Balaban J connectivity index is 1.52. The maximum absolute atomic E-state index is 6.11. The van der Waals surface area contributed by atoms with Crippen LogP contribution in [-0.2, 0) is 11.3 Å². The Hall–Kier alpha value is -0.870. The summed E-state index contributed by atoms with van der Waals surface area (Å²) in [5.41, 5.74) is 1.08. The molecule has 1 heterocycles. The van der Waals surface area contributed by atoms with Gasteiger partial charge in [-0.25, -0.2) is 0 Å². The predicted octanol–water partition coefficient (Wildman–Crippen LogP) is 3.05.